The smallest absolute Gasteiger partial charge is 0.348 e. The number of aromatic nitrogens is 2. The number of carbonyl (C=O) groups is 1. The van der Waals surface area contributed by atoms with Gasteiger partial charge in [0.1, 0.15) is 5.69 Å². The molecule has 2 aromatic rings. The van der Waals surface area contributed by atoms with Crippen molar-refractivity contribution in [1.29, 1.82) is 0 Å². The Kier molecular flexibility index (Phi) is 4.59. The van der Waals surface area contributed by atoms with Crippen molar-refractivity contribution in [2.45, 2.75) is 37.9 Å². The van der Waals surface area contributed by atoms with Gasteiger partial charge in [0.2, 0.25) is 0 Å². The minimum absolute atomic E-state index is 0.0606. The molecule has 0 aliphatic heterocycles. The van der Waals surface area contributed by atoms with Crippen LogP contribution in [0.2, 0.25) is 0 Å². The van der Waals surface area contributed by atoms with Crippen molar-refractivity contribution in [3.63, 3.8) is 0 Å². The van der Waals surface area contributed by atoms with Gasteiger partial charge in [-0.1, -0.05) is 36.8 Å². The number of hydrogen-bond donors (Lipinski definition) is 2. The molecule has 2 atom stereocenters. The zero-order chi connectivity index (χ0) is 17.2. The number of alkyl halides is 3. The van der Waals surface area contributed by atoms with Crippen LogP contribution >= 0.6 is 0 Å². The zero-order valence-corrected chi connectivity index (χ0v) is 12.9. The SMILES string of the molecule is O=C(N[C@H]1CCC[C@@H](C(F)(F)F)C1)c1cc(-c2ccccc2)n[nH]1. The molecule has 1 saturated carbocycles. The molecule has 1 heterocycles. The van der Waals surface area contributed by atoms with Gasteiger partial charge in [0.25, 0.3) is 5.91 Å². The molecule has 0 spiro atoms. The lowest BCUT2D eigenvalue weighted by atomic mass is 9.85. The summed E-state index contributed by atoms with van der Waals surface area (Å²) in [6.45, 7) is 0. The molecule has 128 valence electrons. The first-order valence-corrected chi connectivity index (χ1v) is 7.92. The number of rotatable bonds is 3. The van der Waals surface area contributed by atoms with Crippen molar-refractivity contribution in [2.75, 3.05) is 0 Å². The second kappa shape index (κ2) is 6.67. The summed E-state index contributed by atoms with van der Waals surface area (Å²) in [5.41, 5.74) is 1.74. The predicted octanol–water partition coefficient (Wildman–Crippen LogP) is 3.93. The van der Waals surface area contributed by atoms with Crippen molar-refractivity contribution in [1.82, 2.24) is 15.5 Å². The third kappa shape index (κ3) is 3.77. The van der Waals surface area contributed by atoms with Gasteiger partial charge in [-0.05, 0) is 25.3 Å². The number of amides is 1. The van der Waals surface area contributed by atoms with Gasteiger partial charge in [0.15, 0.2) is 0 Å². The Morgan fingerprint density at radius 3 is 2.67 bits per heavy atom. The molecule has 1 fully saturated rings. The van der Waals surface area contributed by atoms with E-state index in [9.17, 15) is 18.0 Å². The third-order valence-corrected chi connectivity index (χ3v) is 4.36. The molecule has 2 N–H and O–H groups in total. The Balaban J connectivity index is 1.64. The number of H-pyrrole nitrogens is 1. The van der Waals surface area contributed by atoms with Gasteiger partial charge in [-0.2, -0.15) is 18.3 Å². The minimum atomic E-state index is -4.20. The molecule has 4 nitrogen and oxygen atoms in total. The summed E-state index contributed by atoms with van der Waals surface area (Å²) in [7, 11) is 0. The third-order valence-electron chi connectivity index (χ3n) is 4.36. The molecule has 1 aromatic carbocycles. The van der Waals surface area contributed by atoms with Crippen LogP contribution in [0.5, 0.6) is 0 Å². The van der Waals surface area contributed by atoms with E-state index in [1.165, 1.54) is 0 Å². The van der Waals surface area contributed by atoms with Crippen molar-refractivity contribution in [2.24, 2.45) is 5.92 Å². The van der Waals surface area contributed by atoms with E-state index in [2.05, 4.69) is 15.5 Å². The van der Waals surface area contributed by atoms with Crippen LogP contribution in [0.4, 0.5) is 13.2 Å². The fourth-order valence-electron chi connectivity index (χ4n) is 3.08. The summed E-state index contributed by atoms with van der Waals surface area (Å²) in [4.78, 5) is 12.3. The molecule has 3 rings (SSSR count). The maximum Gasteiger partial charge on any atom is 0.391 e. The normalized spacial score (nSPS) is 21.5. The van der Waals surface area contributed by atoms with Gasteiger partial charge in [-0.15, -0.1) is 0 Å². The molecule has 0 bridgehead atoms. The van der Waals surface area contributed by atoms with E-state index in [0.717, 1.165) is 5.56 Å². The van der Waals surface area contributed by atoms with E-state index in [-0.39, 0.29) is 18.5 Å². The average molecular weight is 337 g/mol. The van der Waals surface area contributed by atoms with Gasteiger partial charge in [-0.3, -0.25) is 9.89 Å². The van der Waals surface area contributed by atoms with Gasteiger partial charge in [0, 0.05) is 11.6 Å². The fraction of sp³-hybridized carbons (Fsp3) is 0.412. The summed E-state index contributed by atoms with van der Waals surface area (Å²) in [5, 5.41) is 9.43. The highest BCUT2D eigenvalue weighted by Gasteiger charge is 2.42. The maximum absolute atomic E-state index is 12.8. The molecule has 24 heavy (non-hydrogen) atoms. The molecular formula is C17H18F3N3O. The second-order valence-corrected chi connectivity index (χ2v) is 6.11. The van der Waals surface area contributed by atoms with Crippen LogP contribution in [0.3, 0.4) is 0 Å². The number of halogens is 3. The molecule has 0 radical (unpaired) electrons. The fourth-order valence-corrected chi connectivity index (χ4v) is 3.08. The lowest BCUT2D eigenvalue weighted by molar-refractivity contribution is -0.183. The maximum atomic E-state index is 12.8. The van der Waals surface area contributed by atoms with Gasteiger partial charge in [-0.25, -0.2) is 0 Å². The standard InChI is InChI=1S/C17H18F3N3O/c18-17(19,20)12-7-4-8-13(9-12)21-16(24)15-10-14(22-23-15)11-5-2-1-3-6-11/h1-3,5-6,10,12-13H,4,7-9H2,(H,21,24)(H,22,23)/t12-,13+/m1/s1. The number of nitrogens with one attached hydrogen (secondary N) is 2. The van der Waals surface area contributed by atoms with Crippen LogP contribution in [0.15, 0.2) is 36.4 Å². The molecule has 7 heteroatoms. The van der Waals surface area contributed by atoms with Crippen LogP contribution in [-0.2, 0) is 0 Å². The predicted molar refractivity (Wildman–Crippen MR) is 83.3 cm³/mol. The van der Waals surface area contributed by atoms with E-state index in [1.807, 2.05) is 30.3 Å². The lowest BCUT2D eigenvalue weighted by Crippen LogP contribution is -2.41. The number of aromatic amines is 1. The Morgan fingerprint density at radius 2 is 1.96 bits per heavy atom. The monoisotopic (exact) mass is 337 g/mol. The minimum Gasteiger partial charge on any atom is -0.348 e. The van der Waals surface area contributed by atoms with Gasteiger partial charge >= 0.3 is 6.18 Å². The molecule has 0 unspecified atom stereocenters. The van der Waals surface area contributed by atoms with Crippen LogP contribution in [0.1, 0.15) is 36.2 Å². The van der Waals surface area contributed by atoms with Crippen LogP contribution in [0.25, 0.3) is 11.3 Å². The molecule has 1 aliphatic rings. The van der Waals surface area contributed by atoms with Crippen molar-refractivity contribution >= 4 is 5.91 Å². The molecule has 0 saturated heterocycles. The molecule has 1 aromatic heterocycles. The first-order chi connectivity index (χ1) is 11.4. The number of carbonyl (C=O) groups excluding carboxylic acids is 1. The Morgan fingerprint density at radius 1 is 1.21 bits per heavy atom. The van der Waals surface area contributed by atoms with E-state index in [4.69, 9.17) is 0 Å². The van der Waals surface area contributed by atoms with Gasteiger partial charge < -0.3 is 5.32 Å². The Labute approximate surface area is 137 Å². The number of benzene rings is 1. The summed E-state index contributed by atoms with van der Waals surface area (Å²) in [5.74, 6) is -1.75. The lowest BCUT2D eigenvalue weighted by Gasteiger charge is -2.30. The molecule has 1 amide bonds. The van der Waals surface area contributed by atoms with E-state index in [0.29, 0.717) is 18.5 Å². The van der Waals surface area contributed by atoms with Crippen molar-refractivity contribution in [3.05, 3.63) is 42.1 Å². The first-order valence-electron chi connectivity index (χ1n) is 7.92. The van der Waals surface area contributed by atoms with Gasteiger partial charge in [0.05, 0.1) is 11.6 Å². The van der Waals surface area contributed by atoms with Crippen LogP contribution in [-0.4, -0.2) is 28.3 Å². The van der Waals surface area contributed by atoms with E-state index >= 15 is 0 Å². The summed E-state index contributed by atoms with van der Waals surface area (Å²) >= 11 is 0. The van der Waals surface area contributed by atoms with Crippen LogP contribution in [0, 0.1) is 5.92 Å². The largest absolute Gasteiger partial charge is 0.391 e. The summed E-state index contributed by atoms with van der Waals surface area (Å²) < 4.78 is 38.5. The Bertz CT molecular complexity index is 697. The summed E-state index contributed by atoms with van der Waals surface area (Å²) in [6.07, 6.45) is -3.09. The topological polar surface area (TPSA) is 57.8 Å². The van der Waals surface area contributed by atoms with E-state index in [1.54, 1.807) is 6.07 Å². The Hall–Kier alpha value is -2.31. The number of hydrogen-bond acceptors (Lipinski definition) is 2. The highest BCUT2D eigenvalue weighted by Crippen LogP contribution is 2.37. The quantitative estimate of drug-likeness (QED) is 0.892. The average Bonchev–Trinajstić information content (AvgIpc) is 3.05. The highest BCUT2D eigenvalue weighted by molar-refractivity contribution is 5.93. The summed E-state index contributed by atoms with van der Waals surface area (Å²) in [6, 6.07) is 10.5. The molecular weight excluding hydrogens is 319 g/mol. The van der Waals surface area contributed by atoms with Crippen molar-refractivity contribution < 1.29 is 18.0 Å². The van der Waals surface area contributed by atoms with Crippen LogP contribution < -0.4 is 5.32 Å². The first kappa shape index (κ1) is 16.5. The zero-order valence-electron chi connectivity index (χ0n) is 12.9. The molecule has 1 aliphatic carbocycles. The number of nitrogens with zero attached hydrogens (tertiary/aromatic N) is 1. The van der Waals surface area contributed by atoms with E-state index < -0.39 is 24.0 Å². The highest BCUT2D eigenvalue weighted by atomic mass is 19.4. The van der Waals surface area contributed by atoms with Crippen molar-refractivity contribution in [3.8, 4) is 11.3 Å². The second-order valence-electron chi connectivity index (χ2n) is 6.11.